The van der Waals surface area contributed by atoms with Gasteiger partial charge < -0.3 is 10.1 Å². The van der Waals surface area contributed by atoms with E-state index in [1.54, 1.807) is 13.4 Å². The average molecular weight is 192 g/mol. The maximum absolute atomic E-state index is 10.0. The van der Waals surface area contributed by atoms with Crippen LogP contribution in [0.3, 0.4) is 0 Å². The molecule has 0 saturated heterocycles. The van der Waals surface area contributed by atoms with E-state index in [1.165, 1.54) is 11.8 Å². The largest absolute Gasteiger partial charge is 0.383 e. The van der Waals surface area contributed by atoms with E-state index in [0.29, 0.717) is 18.2 Å². The van der Waals surface area contributed by atoms with Crippen molar-refractivity contribution >= 4 is 11.8 Å². The van der Waals surface area contributed by atoms with Gasteiger partial charge in [-0.3, -0.25) is 10.1 Å². The molecule has 6 heteroatoms. The number of nitrogens with one attached hydrogen (secondary N) is 1. The summed E-state index contributed by atoms with van der Waals surface area (Å²) in [6.07, 6.45) is 2.72. The molecule has 0 aliphatic rings. The van der Waals surface area contributed by atoms with E-state index in [1.807, 2.05) is 0 Å². The highest BCUT2D eigenvalue weighted by atomic mass is 32.2. The summed E-state index contributed by atoms with van der Waals surface area (Å²) in [5.41, 5.74) is 0. The van der Waals surface area contributed by atoms with Crippen LogP contribution in [0.4, 0.5) is 0 Å². The number of methoxy groups -OCH3 is 1. The first-order chi connectivity index (χ1) is 5.70. The van der Waals surface area contributed by atoms with Crippen LogP contribution in [0, 0.1) is 10.1 Å². The van der Waals surface area contributed by atoms with Crippen molar-refractivity contribution in [1.29, 1.82) is 0 Å². The zero-order chi connectivity index (χ0) is 9.40. The number of ether oxygens (including phenoxy) is 1. The molecule has 0 aromatic heterocycles. The molecule has 0 amide bonds. The molecule has 5 nitrogen and oxygen atoms in total. The first-order valence-electron chi connectivity index (χ1n) is 3.32. The lowest BCUT2D eigenvalue weighted by Crippen LogP contribution is -2.17. The van der Waals surface area contributed by atoms with Gasteiger partial charge in [0.05, 0.1) is 11.5 Å². The van der Waals surface area contributed by atoms with Gasteiger partial charge in [0.25, 0.3) is 6.20 Å². The first-order valence-corrected chi connectivity index (χ1v) is 4.55. The fraction of sp³-hybridized carbons (Fsp3) is 0.667. The Morgan fingerprint density at radius 3 is 2.92 bits per heavy atom. The Morgan fingerprint density at radius 1 is 1.83 bits per heavy atom. The molecular weight excluding hydrogens is 180 g/mol. The average Bonchev–Trinajstić information content (AvgIpc) is 2.02. The summed E-state index contributed by atoms with van der Waals surface area (Å²) in [6, 6.07) is 0. The van der Waals surface area contributed by atoms with Gasteiger partial charge in [-0.15, -0.1) is 11.8 Å². The van der Waals surface area contributed by atoms with E-state index in [0.717, 1.165) is 6.20 Å². The highest BCUT2D eigenvalue weighted by Crippen LogP contribution is 2.05. The number of nitro groups is 1. The molecule has 0 fully saturated rings. The third-order valence-corrected chi connectivity index (χ3v) is 1.74. The van der Waals surface area contributed by atoms with Crippen molar-refractivity contribution in [2.24, 2.45) is 0 Å². The Kier molecular flexibility index (Phi) is 6.50. The van der Waals surface area contributed by atoms with E-state index in [9.17, 15) is 10.1 Å². The molecule has 0 saturated carbocycles. The number of hydrogen-bond acceptors (Lipinski definition) is 5. The summed E-state index contributed by atoms with van der Waals surface area (Å²) in [6.45, 7) is 1.12. The number of rotatable bonds is 6. The minimum Gasteiger partial charge on any atom is -0.383 e. The minimum atomic E-state index is -0.481. The van der Waals surface area contributed by atoms with Crippen molar-refractivity contribution in [2.75, 3.05) is 26.5 Å². The van der Waals surface area contributed by atoms with E-state index < -0.39 is 4.92 Å². The lowest BCUT2D eigenvalue weighted by molar-refractivity contribution is -0.403. The van der Waals surface area contributed by atoms with Gasteiger partial charge in [-0.2, -0.15) is 0 Å². The molecule has 70 valence electrons. The van der Waals surface area contributed by atoms with Gasteiger partial charge in [0.1, 0.15) is 5.03 Å². The Bertz CT molecular complexity index is 172. The van der Waals surface area contributed by atoms with Crippen LogP contribution >= 0.6 is 11.8 Å². The quantitative estimate of drug-likeness (QED) is 0.380. The second kappa shape index (κ2) is 6.93. The van der Waals surface area contributed by atoms with Gasteiger partial charge in [0.2, 0.25) is 0 Å². The van der Waals surface area contributed by atoms with Crippen molar-refractivity contribution in [3.8, 4) is 0 Å². The highest BCUT2D eigenvalue weighted by Gasteiger charge is 1.98. The fourth-order valence-electron chi connectivity index (χ4n) is 0.543. The van der Waals surface area contributed by atoms with E-state index in [-0.39, 0.29) is 0 Å². The molecule has 0 bridgehead atoms. The SMILES string of the molecule is COCCNC(=C[N+](=O)[O-])SC. The van der Waals surface area contributed by atoms with E-state index >= 15 is 0 Å². The molecule has 0 aliphatic heterocycles. The molecule has 0 aromatic carbocycles. The molecule has 0 aromatic rings. The standard InChI is InChI=1S/C6H12N2O3S/c1-11-4-3-7-6(12-2)5-8(9)10/h5,7H,3-4H2,1-2H3. The normalized spacial score (nSPS) is 11.3. The smallest absolute Gasteiger partial charge is 0.263 e. The Balaban J connectivity index is 3.75. The van der Waals surface area contributed by atoms with Gasteiger partial charge in [-0.25, -0.2) is 0 Å². The van der Waals surface area contributed by atoms with Crippen molar-refractivity contribution in [1.82, 2.24) is 5.32 Å². The topological polar surface area (TPSA) is 64.4 Å². The van der Waals surface area contributed by atoms with Crippen molar-refractivity contribution in [2.45, 2.75) is 0 Å². The molecule has 12 heavy (non-hydrogen) atoms. The van der Waals surface area contributed by atoms with Gasteiger partial charge in [0, 0.05) is 13.7 Å². The maximum atomic E-state index is 10.0. The van der Waals surface area contributed by atoms with Gasteiger partial charge >= 0.3 is 0 Å². The van der Waals surface area contributed by atoms with Crippen molar-refractivity contribution < 1.29 is 9.66 Å². The van der Waals surface area contributed by atoms with Crippen LogP contribution in [0.15, 0.2) is 11.2 Å². The molecule has 0 heterocycles. The minimum absolute atomic E-state index is 0.481. The maximum Gasteiger partial charge on any atom is 0.263 e. The Hall–Kier alpha value is -0.750. The van der Waals surface area contributed by atoms with Crippen LogP contribution < -0.4 is 5.32 Å². The van der Waals surface area contributed by atoms with Crippen LogP contribution in [0.25, 0.3) is 0 Å². The number of hydrogen-bond donors (Lipinski definition) is 1. The van der Waals surface area contributed by atoms with Crippen molar-refractivity contribution in [3.05, 3.63) is 21.3 Å². The van der Waals surface area contributed by atoms with Crippen LogP contribution in [0.2, 0.25) is 0 Å². The predicted molar refractivity (Wildman–Crippen MR) is 48.5 cm³/mol. The number of thioether (sulfide) groups is 1. The zero-order valence-electron chi connectivity index (χ0n) is 7.07. The lowest BCUT2D eigenvalue weighted by Gasteiger charge is -2.03. The van der Waals surface area contributed by atoms with Gasteiger partial charge in [-0.1, -0.05) is 0 Å². The second-order valence-electron chi connectivity index (χ2n) is 1.90. The molecule has 1 N–H and O–H groups in total. The zero-order valence-corrected chi connectivity index (χ0v) is 7.89. The molecule has 0 radical (unpaired) electrons. The van der Waals surface area contributed by atoms with E-state index in [2.05, 4.69) is 5.32 Å². The third kappa shape index (κ3) is 5.99. The van der Waals surface area contributed by atoms with Crippen LogP contribution in [-0.4, -0.2) is 31.4 Å². The third-order valence-electron chi connectivity index (χ3n) is 1.05. The van der Waals surface area contributed by atoms with Crippen LogP contribution in [-0.2, 0) is 4.74 Å². The molecule has 0 unspecified atom stereocenters. The molecule has 0 atom stereocenters. The monoisotopic (exact) mass is 192 g/mol. The summed E-state index contributed by atoms with van der Waals surface area (Å²) < 4.78 is 4.77. The van der Waals surface area contributed by atoms with Crippen molar-refractivity contribution in [3.63, 3.8) is 0 Å². The summed E-state index contributed by atoms with van der Waals surface area (Å²) in [5, 5.41) is 13.4. The van der Waals surface area contributed by atoms with E-state index in [4.69, 9.17) is 4.74 Å². The molecule has 0 spiro atoms. The highest BCUT2D eigenvalue weighted by molar-refractivity contribution is 8.02. The lowest BCUT2D eigenvalue weighted by atomic mass is 10.7. The van der Waals surface area contributed by atoms with Gasteiger partial charge in [0.15, 0.2) is 0 Å². The predicted octanol–water partition coefficient (Wildman–Crippen LogP) is 0.661. The molecular formula is C6H12N2O3S. The summed E-state index contributed by atoms with van der Waals surface area (Å²) in [5.74, 6) is 0. The second-order valence-corrected chi connectivity index (χ2v) is 2.75. The fourth-order valence-corrected chi connectivity index (χ4v) is 0.980. The molecule has 0 aliphatic carbocycles. The summed E-state index contributed by atoms with van der Waals surface area (Å²) in [7, 11) is 1.58. The first kappa shape index (κ1) is 11.2. The molecule has 0 rings (SSSR count). The van der Waals surface area contributed by atoms with Crippen LogP contribution in [0.5, 0.6) is 0 Å². The van der Waals surface area contributed by atoms with Crippen LogP contribution in [0.1, 0.15) is 0 Å². The summed E-state index contributed by atoms with van der Waals surface area (Å²) >= 11 is 1.30. The van der Waals surface area contributed by atoms with Gasteiger partial charge in [-0.05, 0) is 6.26 Å². The Labute approximate surface area is 75.3 Å². The Morgan fingerprint density at radius 2 is 2.50 bits per heavy atom. The number of nitrogens with zero attached hydrogens (tertiary/aromatic N) is 1. The summed E-state index contributed by atoms with van der Waals surface area (Å²) in [4.78, 5) is 9.57.